The summed E-state index contributed by atoms with van der Waals surface area (Å²) in [4.78, 5) is 2.25. The number of likely N-dealkylation sites (N-methyl/N-ethyl adjacent to an activating group) is 1. The fraction of sp³-hybridized carbons (Fsp3) is 0.500. The standard InChI is InChI=1S/C12H18ClNO/c1-10(2)14(3)8-9-15-12-6-4-11(13)5-7-12/h4-7,10H,8-9H2,1-3H3. The number of hydrogen-bond acceptors (Lipinski definition) is 2. The third-order valence-electron chi connectivity index (χ3n) is 2.41. The summed E-state index contributed by atoms with van der Waals surface area (Å²) in [5.41, 5.74) is 0. The van der Waals surface area contributed by atoms with E-state index < -0.39 is 0 Å². The molecule has 0 amide bonds. The number of halogens is 1. The Balaban J connectivity index is 2.29. The molecule has 0 atom stereocenters. The highest BCUT2D eigenvalue weighted by Crippen LogP contribution is 2.15. The molecular weight excluding hydrogens is 210 g/mol. The van der Waals surface area contributed by atoms with E-state index in [1.54, 1.807) is 0 Å². The average Bonchev–Trinajstić information content (AvgIpc) is 2.20. The first-order chi connectivity index (χ1) is 7.09. The van der Waals surface area contributed by atoms with Crippen LogP contribution in [0.25, 0.3) is 0 Å². The van der Waals surface area contributed by atoms with Crippen molar-refractivity contribution in [2.75, 3.05) is 20.2 Å². The molecule has 84 valence electrons. The molecule has 2 nitrogen and oxygen atoms in total. The molecular formula is C12H18ClNO. The van der Waals surface area contributed by atoms with Gasteiger partial charge in [0.25, 0.3) is 0 Å². The van der Waals surface area contributed by atoms with Gasteiger partial charge in [0.15, 0.2) is 0 Å². The smallest absolute Gasteiger partial charge is 0.119 e. The van der Waals surface area contributed by atoms with Gasteiger partial charge in [0.2, 0.25) is 0 Å². The fourth-order valence-corrected chi connectivity index (χ4v) is 1.22. The Labute approximate surface area is 96.8 Å². The van der Waals surface area contributed by atoms with Gasteiger partial charge in [0.05, 0.1) is 0 Å². The molecule has 1 aromatic rings. The number of nitrogens with zero attached hydrogens (tertiary/aromatic N) is 1. The van der Waals surface area contributed by atoms with Crippen LogP contribution in [0.1, 0.15) is 13.8 Å². The third kappa shape index (κ3) is 4.54. The average molecular weight is 228 g/mol. The van der Waals surface area contributed by atoms with Gasteiger partial charge in [0.1, 0.15) is 12.4 Å². The first kappa shape index (κ1) is 12.3. The highest BCUT2D eigenvalue weighted by atomic mass is 35.5. The van der Waals surface area contributed by atoms with Crippen molar-refractivity contribution in [3.63, 3.8) is 0 Å². The van der Waals surface area contributed by atoms with E-state index >= 15 is 0 Å². The molecule has 0 aromatic heterocycles. The summed E-state index contributed by atoms with van der Waals surface area (Å²) in [7, 11) is 2.09. The molecule has 0 fully saturated rings. The van der Waals surface area contributed by atoms with Crippen molar-refractivity contribution in [1.29, 1.82) is 0 Å². The zero-order valence-corrected chi connectivity index (χ0v) is 10.3. The summed E-state index contributed by atoms with van der Waals surface area (Å²) >= 11 is 5.77. The predicted octanol–water partition coefficient (Wildman–Crippen LogP) is 3.06. The Morgan fingerprint density at radius 1 is 1.27 bits per heavy atom. The molecule has 0 aliphatic rings. The zero-order chi connectivity index (χ0) is 11.3. The molecule has 0 heterocycles. The maximum absolute atomic E-state index is 5.77. The minimum Gasteiger partial charge on any atom is -0.492 e. The highest BCUT2D eigenvalue weighted by molar-refractivity contribution is 6.30. The van der Waals surface area contributed by atoms with E-state index in [0.717, 1.165) is 17.3 Å². The van der Waals surface area contributed by atoms with E-state index in [0.29, 0.717) is 12.6 Å². The van der Waals surface area contributed by atoms with Crippen LogP contribution in [-0.2, 0) is 0 Å². The van der Waals surface area contributed by atoms with E-state index in [4.69, 9.17) is 16.3 Å². The SMILES string of the molecule is CC(C)N(C)CCOc1ccc(Cl)cc1. The van der Waals surface area contributed by atoms with Crippen molar-refractivity contribution < 1.29 is 4.74 Å². The molecule has 15 heavy (non-hydrogen) atoms. The Kier molecular flexibility index (Phi) is 4.92. The molecule has 0 aliphatic heterocycles. The van der Waals surface area contributed by atoms with Crippen LogP contribution >= 0.6 is 11.6 Å². The van der Waals surface area contributed by atoms with Gasteiger partial charge >= 0.3 is 0 Å². The van der Waals surface area contributed by atoms with Gasteiger partial charge in [-0.2, -0.15) is 0 Å². The molecule has 0 saturated carbocycles. The molecule has 3 heteroatoms. The van der Waals surface area contributed by atoms with Gasteiger partial charge in [-0.05, 0) is 45.2 Å². The summed E-state index contributed by atoms with van der Waals surface area (Å²) in [5.74, 6) is 0.872. The van der Waals surface area contributed by atoms with Crippen LogP contribution in [0.2, 0.25) is 5.02 Å². The lowest BCUT2D eigenvalue weighted by Gasteiger charge is -2.20. The molecule has 0 radical (unpaired) electrons. The van der Waals surface area contributed by atoms with Crippen molar-refractivity contribution in [2.24, 2.45) is 0 Å². The largest absolute Gasteiger partial charge is 0.492 e. The summed E-state index contributed by atoms with van der Waals surface area (Å²) in [6.45, 7) is 5.97. The van der Waals surface area contributed by atoms with Crippen LogP contribution in [0.4, 0.5) is 0 Å². The summed E-state index contributed by atoms with van der Waals surface area (Å²) in [6, 6.07) is 8.00. The van der Waals surface area contributed by atoms with E-state index in [-0.39, 0.29) is 0 Å². The Morgan fingerprint density at radius 2 is 1.87 bits per heavy atom. The highest BCUT2D eigenvalue weighted by Gasteiger charge is 2.02. The topological polar surface area (TPSA) is 12.5 Å². The van der Waals surface area contributed by atoms with Crippen molar-refractivity contribution >= 4 is 11.6 Å². The van der Waals surface area contributed by atoms with E-state index in [1.807, 2.05) is 24.3 Å². The van der Waals surface area contributed by atoms with Gasteiger partial charge in [-0.1, -0.05) is 11.6 Å². The molecule has 0 unspecified atom stereocenters. The minimum atomic E-state index is 0.554. The second kappa shape index (κ2) is 5.99. The maximum Gasteiger partial charge on any atom is 0.119 e. The quantitative estimate of drug-likeness (QED) is 0.767. The van der Waals surface area contributed by atoms with Crippen molar-refractivity contribution in [3.05, 3.63) is 29.3 Å². The molecule has 0 N–H and O–H groups in total. The van der Waals surface area contributed by atoms with Crippen LogP contribution in [0, 0.1) is 0 Å². The van der Waals surface area contributed by atoms with Gasteiger partial charge < -0.3 is 9.64 Å². The van der Waals surface area contributed by atoms with Gasteiger partial charge in [0, 0.05) is 17.6 Å². The predicted molar refractivity (Wildman–Crippen MR) is 64.7 cm³/mol. The van der Waals surface area contributed by atoms with Crippen molar-refractivity contribution in [2.45, 2.75) is 19.9 Å². The van der Waals surface area contributed by atoms with Crippen molar-refractivity contribution in [3.8, 4) is 5.75 Å². The van der Waals surface area contributed by atoms with Crippen LogP contribution in [0.5, 0.6) is 5.75 Å². The number of ether oxygens (including phenoxy) is 1. The first-order valence-electron chi connectivity index (χ1n) is 5.18. The lowest BCUT2D eigenvalue weighted by molar-refractivity contribution is 0.208. The maximum atomic E-state index is 5.77. The van der Waals surface area contributed by atoms with Crippen molar-refractivity contribution in [1.82, 2.24) is 4.90 Å². The number of hydrogen-bond donors (Lipinski definition) is 0. The molecule has 0 spiro atoms. The van der Waals surface area contributed by atoms with E-state index in [9.17, 15) is 0 Å². The Bertz CT molecular complexity index is 284. The lowest BCUT2D eigenvalue weighted by atomic mass is 10.3. The monoisotopic (exact) mass is 227 g/mol. The zero-order valence-electron chi connectivity index (χ0n) is 9.53. The van der Waals surface area contributed by atoms with Crippen LogP contribution in [0.15, 0.2) is 24.3 Å². The van der Waals surface area contributed by atoms with E-state index in [2.05, 4.69) is 25.8 Å². The normalized spacial score (nSPS) is 11.1. The Morgan fingerprint density at radius 3 is 2.40 bits per heavy atom. The molecule has 1 aromatic carbocycles. The minimum absolute atomic E-state index is 0.554. The summed E-state index contributed by atoms with van der Waals surface area (Å²) in [6.07, 6.45) is 0. The summed E-state index contributed by atoms with van der Waals surface area (Å²) < 4.78 is 5.58. The number of benzene rings is 1. The van der Waals surface area contributed by atoms with Crippen LogP contribution < -0.4 is 4.74 Å². The van der Waals surface area contributed by atoms with Gasteiger partial charge in [-0.15, -0.1) is 0 Å². The second-order valence-electron chi connectivity index (χ2n) is 3.88. The molecule has 0 aliphatic carbocycles. The fourth-order valence-electron chi connectivity index (χ4n) is 1.10. The third-order valence-corrected chi connectivity index (χ3v) is 2.66. The molecule has 1 rings (SSSR count). The Hall–Kier alpha value is -0.730. The lowest BCUT2D eigenvalue weighted by Crippen LogP contribution is -2.30. The van der Waals surface area contributed by atoms with E-state index in [1.165, 1.54) is 0 Å². The van der Waals surface area contributed by atoms with Crippen LogP contribution in [-0.4, -0.2) is 31.1 Å². The molecule has 0 saturated heterocycles. The van der Waals surface area contributed by atoms with Gasteiger partial charge in [-0.3, -0.25) is 0 Å². The first-order valence-corrected chi connectivity index (χ1v) is 5.56. The molecule has 0 bridgehead atoms. The van der Waals surface area contributed by atoms with Gasteiger partial charge in [-0.25, -0.2) is 0 Å². The van der Waals surface area contributed by atoms with Crippen LogP contribution in [0.3, 0.4) is 0 Å². The number of rotatable bonds is 5. The summed E-state index contributed by atoms with van der Waals surface area (Å²) in [5, 5.41) is 0.738. The second-order valence-corrected chi connectivity index (χ2v) is 4.31.